The molecule has 5 nitrogen and oxygen atoms in total. The Labute approximate surface area is 184 Å². The van der Waals surface area contributed by atoms with Crippen LogP contribution in [0.1, 0.15) is 71.6 Å². The van der Waals surface area contributed by atoms with Crippen molar-refractivity contribution in [3.8, 4) is 22.9 Å². The fraction of sp³-hybridized carbons (Fsp3) is 0.560. The number of unbranched alkanes of at least 4 members (excludes halogenated alkanes) is 2. The molecule has 0 bridgehead atoms. The Morgan fingerprint density at radius 3 is 2.42 bits per heavy atom. The van der Waals surface area contributed by atoms with Crippen LogP contribution in [0.3, 0.4) is 0 Å². The van der Waals surface area contributed by atoms with Crippen molar-refractivity contribution in [3.05, 3.63) is 36.4 Å². The first-order chi connectivity index (χ1) is 15.1. The molecule has 2 aromatic rings. The second-order valence-electron chi connectivity index (χ2n) is 8.41. The molecular formula is C25H33FN2O3. The molecule has 168 valence electrons. The summed E-state index contributed by atoms with van der Waals surface area (Å²) in [6.45, 7) is 4.60. The van der Waals surface area contributed by atoms with Crippen molar-refractivity contribution in [3.63, 3.8) is 0 Å². The van der Waals surface area contributed by atoms with E-state index in [4.69, 9.17) is 9.47 Å². The number of hydrogen-bond donors (Lipinski definition) is 0. The molecule has 0 unspecified atom stereocenters. The molecule has 1 saturated carbocycles. The van der Waals surface area contributed by atoms with Crippen LogP contribution in [-0.4, -0.2) is 22.5 Å². The molecule has 1 aromatic heterocycles. The van der Waals surface area contributed by atoms with E-state index in [1.54, 1.807) is 25.4 Å². The van der Waals surface area contributed by atoms with Crippen LogP contribution in [0.5, 0.6) is 11.5 Å². The second kappa shape index (κ2) is 11.8. The first kappa shape index (κ1) is 23.2. The number of benzene rings is 1. The third-order valence-corrected chi connectivity index (χ3v) is 6.00. The van der Waals surface area contributed by atoms with Gasteiger partial charge in [0.25, 0.3) is 0 Å². The molecule has 0 radical (unpaired) electrons. The lowest BCUT2D eigenvalue weighted by molar-refractivity contribution is -0.134. The number of ether oxygens (including phenoxy) is 2. The van der Waals surface area contributed by atoms with E-state index < -0.39 is 11.8 Å². The van der Waals surface area contributed by atoms with Crippen LogP contribution in [0, 0.1) is 17.7 Å². The highest BCUT2D eigenvalue weighted by Crippen LogP contribution is 2.32. The topological polar surface area (TPSA) is 61.3 Å². The molecule has 1 aliphatic carbocycles. The molecule has 6 heteroatoms. The zero-order chi connectivity index (χ0) is 22.1. The Bertz CT molecular complexity index is 833. The monoisotopic (exact) mass is 428 g/mol. The number of carbonyl (C=O) groups excluding carboxylic acids is 1. The zero-order valence-corrected chi connectivity index (χ0v) is 18.6. The predicted octanol–water partition coefficient (Wildman–Crippen LogP) is 6.36. The van der Waals surface area contributed by atoms with E-state index in [9.17, 15) is 9.18 Å². The molecule has 0 aliphatic heterocycles. The first-order valence-corrected chi connectivity index (χ1v) is 11.5. The molecule has 0 saturated heterocycles. The Balaban J connectivity index is 1.47. The fourth-order valence-electron chi connectivity index (χ4n) is 4.04. The summed E-state index contributed by atoms with van der Waals surface area (Å²) in [5, 5.41) is 0. The lowest BCUT2D eigenvalue weighted by Crippen LogP contribution is -2.20. The number of rotatable bonds is 10. The summed E-state index contributed by atoms with van der Waals surface area (Å²) in [6, 6.07) is 4.33. The Kier molecular flexibility index (Phi) is 8.80. The number of aromatic nitrogens is 2. The second-order valence-corrected chi connectivity index (χ2v) is 8.41. The van der Waals surface area contributed by atoms with Crippen molar-refractivity contribution >= 4 is 5.97 Å². The van der Waals surface area contributed by atoms with Gasteiger partial charge in [-0.15, -0.1) is 0 Å². The van der Waals surface area contributed by atoms with Crippen LogP contribution in [0.2, 0.25) is 0 Å². The summed E-state index contributed by atoms with van der Waals surface area (Å²) in [7, 11) is 0. The maximum absolute atomic E-state index is 14.2. The number of carbonyl (C=O) groups is 1. The minimum absolute atomic E-state index is 0.0874. The number of halogens is 1. The Morgan fingerprint density at radius 1 is 1.06 bits per heavy atom. The van der Waals surface area contributed by atoms with E-state index in [1.165, 1.54) is 63.5 Å². The van der Waals surface area contributed by atoms with Crippen molar-refractivity contribution in [2.75, 3.05) is 6.61 Å². The van der Waals surface area contributed by atoms with E-state index in [2.05, 4.69) is 16.9 Å². The number of esters is 1. The quantitative estimate of drug-likeness (QED) is 0.250. The summed E-state index contributed by atoms with van der Waals surface area (Å²) < 4.78 is 25.1. The molecule has 1 heterocycles. The maximum atomic E-state index is 14.2. The number of nitrogens with zero attached hydrogens (tertiary/aromatic N) is 2. The zero-order valence-electron chi connectivity index (χ0n) is 18.6. The molecule has 1 aromatic carbocycles. The summed E-state index contributed by atoms with van der Waals surface area (Å²) in [6.07, 6.45) is 13.9. The van der Waals surface area contributed by atoms with Crippen LogP contribution in [0.4, 0.5) is 4.39 Å². The highest BCUT2D eigenvalue weighted by molar-refractivity contribution is 5.72. The normalized spacial score (nSPS) is 18.5. The lowest BCUT2D eigenvalue weighted by atomic mass is 9.80. The third-order valence-electron chi connectivity index (χ3n) is 6.00. The van der Waals surface area contributed by atoms with Crippen LogP contribution in [0.15, 0.2) is 30.6 Å². The van der Waals surface area contributed by atoms with Gasteiger partial charge in [0, 0.05) is 12.0 Å². The highest BCUT2D eigenvalue weighted by Gasteiger charge is 2.21. The fourth-order valence-corrected chi connectivity index (χ4v) is 4.04. The Morgan fingerprint density at radius 2 is 1.77 bits per heavy atom. The van der Waals surface area contributed by atoms with Crippen molar-refractivity contribution in [2.24, 2.45) is 11.8 Å². The predicted molar refractivity (Wildman–Crippen MR) is 118 cm³/mol. The SMILES string of the molecule is CCCCCC1CCC(COc2cnc(-c3ccc(OC(=O)CC)c(F)c3)nc2)CC1. The standard InChI is InChI=1S/C25H33FN2O3/c1-3-5-6-7-18-8-10-19(11-9-18)17-30-21-15-27-25(28-16-21)20-12-13-23(22(26)14-20)31-24(29)4-2/h12-16,18-19H,3-11,17H2,1-2H3. The van der Waals surface area contributed by atoms with Gasteiger partial charge in [0.1, 0.15) is 0 Å². The van der Waals surface area contributed by atoms with Gasteiger partial charge in [-0.1, -0.05) is 52.4 Å². The first-order valence-electron chi connectivity index (χ1n) is 11.5. The van der Waals surface area contributed by atoms with Gasteiger partial charge >= 0.3 is 5.97 Å². The minimum Gasteiger partial charge on any atom is -0.490 e. The van der Waals surface area contributed by atoms with Gasteiger partial charge in [-0.2, -0.15) is 0 Å². The van der Waals surface area contributed by atoms with E-state index in [0.29, 0.717) is 29.7 Å². The highest BCUT2D eigenvalue weighted by atomic mass is 19.1. The minimum atomic E-state index is -0.617. The van der Waals surface area contributed by atoms with Crippen LogP contribution < -0.4 is 9.47 Å². The average molecular weight is 429 g/mol. The van der Waals surface area contributed by atoms with E-state index >= 15 is 0 Å². The van der Waals surface area contributed by atoms with Crippen LogP contribution in [0.25, 0.3) is 11.4 Å². The van der Waals surface area contributed by atoms with E-state index in [1.807, 2.05) is 0 Å². The molecular weight excluding hydrogens is 395 g/mol. The third kappa shape index (κ3) is 7.01. The lowest BCUT2D eigenvalue weighted by Gasteiger charge is -2.28. The molecule has 3 rings (SSSR count). The number of hydrogen-bond acceptors (Lipinski definition) is 5. The van der Waals surface area contributed by atoms with Crippen molar-refractivity contribution in [1.29, 1.82) is 0 Å². The van der Waals surface area contributed by atoms with E-state index in [0.717, 1.165) is 5.92 Å². The van der Waals surface area contributed by atoms with Gasteiger partial charge in [0.2, 0.25) is 0 Å². The molecule has 1 fully saturated rings. The molecule has 0 N–H and O–H groups in total. The van der Waals surface area contributed by atoms with Crippen molar-refractivity contribution in [1.82, 2.24) is 9.97 Å². The summed E-state index contributed by atoms with van der Waals surface area (Å²) in [5.41, 5.74) is 0.516. The van der Waals surface area contributed by atoms with Gasteiger partial charge in [0.15, 0.2) is 23.1 Å². The van der Waals surface area contributed by atoms with Crippen LogP contribution >= 0.6 is 0 Å². The molecule has 0 atom stereocenters. The van der Waals surface area contributed by atoms with Crippen molar-refractivity contribution in [2.45, 2.75) is 71.6 Å². The van der Waals surface area contributed by atoms with E-state index in [-0.39, 0.29) is 12.2 Å². The molecule has 0 amide bonds. The van der Waals surface area contributed by atoms with Gasteiger partial charge in [0.05, 0.1) is 19.0 Å². The summed E-state index contributed by atoms with van der Waals surface area (Å²) in [5.74, 6) is 1.32. The largest absolute Gasteiger partial charge is 0.490 e. The van der Waals surface area contributed by atoms with Crippen LogP contribution in [-0.2, 0) is 4.79 Å². The Hall–Kier alpha value is -2.50. The van der Waals surface area contributed by atoms with Crippen molar-refractivity contribution < 1.29 is 18.7 Å². The maximum Gasteiger partial charge on any atom is 0.310 e. The molecule has 0 spiro atoms. The smallest absolute Gasteiger partial charge is 0.310 e. The van der Waals surface area contributed by atoms with Gasteiger partial charge in [-0.05, 0) is 42.9 Å². The van der Waals surface area contributed by atoms with Gasteiger partial charge < -0.3 is 9.47 Å². The summed E-state index contributed by atoms with van der Waals surface area (Å²) >= 11 is 0. The summed E-state index contributed by atoms with van der Waals surface area (Å²) in [4.78, 5) is 20.0. The van der Waals surface area contributed by atoms with Gasteiger partial charge in [-0.25, -0.2) is 14.4 Å². The molecule has 1 aliphatic rings. The molecule has 31 heavy (non-hydrogen) atoms. The average Bonchev–Trinajstić information content (AvgIpc) is 2.80. The van der Waals surface area contributed by atoms with Gasteiger partial charge in [-0.3, -0.25) is 4.79 Å².